The first kappa shape index (κ1) is 19.2. The van der Waals surface area contributed by atoms with Crippen molar-refractivity contribution in [1.82, 2.24) is 0 Å². The molecule has 0 amide bonds. The van der Waals surface area contributed by atoms with Gasteiger partial charge in [0.1, 0.15) is 12.8 Å². The van der Waals surface area contributed by atoms with E-state index < -0.39 is 0 Å². The third-order valence-corrected chi connectivity index (χ3v) is 6.01. The average molecular weight is 414 g/mol. The molecule has 0 spiro atoms. The molecule has 0 radical (unpaired) electrons. The number of aryl methyl sites for hydroxylation is 2. The Labute approximate surface area is 180 Å². The highest BCUT2D eigenvalue weighted by Gasteiger charge is 2.23. The summed E-state index contributed by atoms with van der Waals surface area (Å²) >= 11 is 0. The van der Waals surface area contributed by atoms with E-state index in [1.165, 1.54) is 0 Å². The van der Waals surface area contributed by atoms with Crippen LogP contribution in [0.5, 0.6) is 17.2 Å². The number of rotatable bonds is 4. The van der Waals surface area contributed by atoms with Gasteiger partial charge >= 0.3 is 0 Å². The van der Waals surface area contributed by atoms with Crippen molar-refractivity contribution in [2.75, 3.05) is 21.3 Å². The fraction of sp³-hybridized carbons (Fsp3) is 0.192. The third kappa shape index (κ3) is 2.73. The molecular formula is C26H24NO4+. The monoisotopic (exact) mass is 414 g/mol. The van der Waals surface area contributed by atoms with Gasteiger partial charge in [-0.1, -0.05) is 18.2 Å². The van der Waals surface area contributed by atoms with Gasteiger partial charge in [0.05, 0.1) is 50.0 Å². The Hall–Kier alpha value is -3.73. The molecule has 3 aromatic carbocycles. The molecule has 31 heavy (non-hydrogen) atoms. The summed E-state index contributed by atoms with van der Waals surface area (Å²) < 4.78 is 24.8. The number of nitrogens with zero attached hydrogens (tertiary/aromatic N) is 1. The Morgan fingerprint density at radius 2 is 1.52 bits per heavy atom. The number of hydrogen-bond donors (Lipinski definition) is 0. The van der Waals surface area contributed by atoms with Gasteiger partial charge in [0, 0.05) is 21.9 Å². The standard InChI is InChI=1S/C26H24NO4/c1-15-6-7-17-19-9-8-18-20(24(19)27(2)13-21(17)25(15)29-4)12-22(28-3)26(30-5)23(18)16-10-11-31-14-16/h6-14H,1-5H3/q+1. The first-order chi connectivity index (χ1) is 15.1. The molecule has 0 fully saturated rings. The van der Waals surface area contributed by atoms with Gasteiger partial charge in [-0.2, -0.15) is 4.57 Å². The van der Waals surface area contributed by atoms with Crippen molar-refractivity contribution < 1.29 is 23.2 Å². The SMILES string of the molecule is COc1cc2c(ccc3c4ccc(C)c(OC)c4c[n+](C)c23)c(-c2ccoc2)c1OC. The van der Waals surface area contributed by atoms with Crippen LogP contribution in [0.25, 0.3) is 43.6 Å². The van der Waals surface area contributed by atoms with Gasteiger partial charge in [-0.25, -0.2) is 0 Å². The Balaban J connectivity index is 2.00. The van der Waals surface area contributed by atoms with E-state index in [1.807, 2.05) is 6.07 Å². The smallest absolute Gasteiger partial charge is 0.220 e. The van der Waals surface area contributed by atoms with Crippen LogP contribution in [0.1, 0.15) is 5.56 Å². The number of hydrogen-bond acceptors (Lipinski definition) is 4. The van der Waals surface area contributed by atoms with E-state index in [0.29, 0.717) is 11.5 Å². The molecule has 0 aliphatic heterocycles. The quantitative estimate of drug-likeness (QED) is 0.285. The lowest BCUT2D eigenvalue weighted by Crippen LogP contribution is -2.28. The number of pyridine rings is 1. The zero-order chi connectivity index (χ0) is 21.7. The Morgan fingerprint density at radius 1 is 0.774 bits per heavy atom. The molecule has 2 heterocycles. The van der Waals surface area contributed by atoms with E-state index in [2.05, 4.69) is 55.1 Å². The summed E-state index contributed by atoms with van der Waals surface area (Å²) in [4.78, 5) is 0. The summed E-state index contributed by atoms with van der Waals surface area (Å²) in [5.74, 6) is 2.28. The summed E-state index contributed by atoms with van der Waals surface area (Å²) in [6.45, 7) is 2.07. The van der Waals surface area contributed by atoms with Crippen LogP contribution in [0.2, 0.25) is 0 Å². The molecule has 0 N–H and O–H groups in total. The van der Waals surface area contributed by atoms with Gasteiger partial charge in [0.15, 0.2) is 17.7 Å². The van der Waals surface area contributed by atoms with Crippen molar-refractivity contribution in [3.63, 3.8) is 0 Å². The zero-order valence-corrected chi connectivity index (χ0v) is 18.3. The number of methoxy groups -OCH3 is 3. The molecule has 0 atom stereocenters. The summed E-state index contributed by atoms with van der Waals surface area (Å²) in [5.41, 5.74) is 4.13. The van der Waals surface area contributed by atoms with Crippen LogP contribution in [0.4, 0.5) is 0 Å². The predicted molar refractivity (Wildman–Crippen MR) is 122 cm³/mol. The first-order valence-electron chi connectivity index (χ1n) is 10.1. The third-order valence-electron chi connectivity index (χ3n) is 6.01. The Kier molecular flexibility index (Phi) is 4.47. The highest BCUT2D eigenvalue weighted by atomic mass is 16.5. The van der Waals surface area contributed by atoms with Crippen LogP contribution < -0.4 is 18.8 Å². The molecule has 5 heteroatoms. The molecule has 0 saturated carbocycles. The molecule has 0 aliphatic carbocycles. The van der Waals surface area contributed by atoms with Crippen molar-refractivity contribution in [3.05, 3.63) is 60.7 Å². The summed E-state index contributed by atoms with van der Waals surface area (Å²) in [5, 5.41) is 5.54. The minimum Gasteiger partial charge on any atom is -0.496 e. The second-order valence-corrected chi connectivity index (χ2v) is 7.67. The first-order valence-corrected chi connectivity index (χ1v) is 10.1. The number of furan rings is 1. The van der Waals surface area contributed by atoms with Crippen molar-refractivity contribution in [2.45, 2.75) is 6.92 Å². The van der Waals surface area contributed by atoms with Gasteiger partial charge in [0.25, 0.3) is 0 Å². The molecule has 5 rings (SSSR count). The van der Waals surface area contributed by atoms with Crippen LogP contribution >= 0.6 is 0 Å². The lowest BCUT2D eigenvalue weighted by atomic mass is 9.94. The van der Waals surface area contributed by atoms with Crippen LogP contribution in [-0.2, 0) is 7.05 Å². The van der Waals surface area contributed by atoms with Gasteiger partial charge in [-0.3, -0.25) is 0 Å². The van der Waals surface area contributed by atoms with E-state index in [0.717, 1.165) is 54.9 Å². The average Bonchev–Trinajstić information content (AvgIpc) is 3.31. The van der Waals surface area contributed by atoms with Crippen molar-refractivity contribution >= 4 is 32.4 Å². The summed E-state index contributed by atoms with van der Waals surface area (Å²) in [6.07, 6.45) is 5.54. The highest BCUT2D eigenvalue weighted by molar-refractivity contribution is 6.18. The number of ether oxygens (including phenoxy) is 3. The van der Waals surface area contributed by atoms with Crippen LogP contribution in [0.3, 0.4) is 0 Å². The van der Waals surface area contributed by atoms with Crippen molar-refractivity contribution in [1.29, 1.82) is 0 Å². The molecule has 5 nitrogen and oxygen atoms in total. The largest absolute Gasteiger partial charge is 0.496 e. The Bertz CT molecular complexity index is 1450. The van der Waals surface area contributed by atoms with Crippen LogP contribution in [0.15, 0.2) is 59.5 Å². The van der Waals surface area contributed by atoms with Gasteiger partial charge < -0.3 is 18.6 Å². The number of benzene rings is 3. The molecule has 0 aliphatic rings. The van der Waals surface area contributed by atoms with Crippen molar-refractivity contribution in [2.24, 2.45) is 7.05 Å². The molecule has 156 valence electrons. The zero-order valence-electron chi connectivity index (χ0n) is 18.3. The molecule has 0 unspecified atom stereocenters. The maximum Gasteiger partial charge on any atom is 0.220 e. The second kappa shape index (κ2) is 7.20. The minimum atomic E-state index is 0.681. The number of aromatic nitrogens is 1. The van der Waals surface area contributed by atoms with Gasteiger partial charge in [0.2, 0.25) is 5.52 Å². The number of fused-ring (bicyclic) bond motifs is 5. The van der Waals surface area contributed by atoms with Crippen LogP contribution in [0, 0.1) is 6.92 Å². The minimum absolute atomic E-state index is 0.681. The van der Waals surface area contributed by atoms with E-state index in [1.54, 1.807) is 33.9 Å². The Morgan fingerprint density at radius 3 is 2.19 bits per heavy atom. The van der Waals surface area contributed by atoms with Crippen molar-refractivity contribution in [3.8, 4) is 28.4 Å². The lowest BCUT2D eigenvalue weighted by molar-refractivity contribution is -0.642. The molecule has 5 aromatic rings. The molecule has 0 saturated heterocycles. The molecule has 0 bridgehead atoms. The second-order valence-electron chi connectivity index (χ2n) is 7.67. The fourth-order valence-electron chi connectivity index (χ4n) is 4.66. The molecular weight excluding hydrogens is 390 g/mol. The predicted octanol–water partition coefficient (Wildman–Crippen LogP) is 5.56. The van der Waals surface area contributed by atoms with Crippen LogP contribution in [-0.4, -0.2) is 21.3 Å². The fourth-order valence-corrected chi connectivity index (χ4v) is 4.66. The maximum atomic E-state index is 5.77. The van der Waals surface area contributed by atoms with E-state index in [9.17, 15) is 0 Å². The van der Waals surface area contributed by atoms with E-state index in [-0.39, 0.29) is 0 Å². The van der Waals surface area contributed by atoms with Gasteiger partial charge in [-0.15, -0.1) is 0 Å². The van der Waals surface area contributed by atoms with Gasteiger partial charge in [-0.05, 0) is 30.7 Å². The summed E-state index contributed by atoms with van der Waals surface area (Å²) in [6, 6.07) is 12.6. The van der Waals surface area contributed by atoms with E-state index >= 15 is 0 Å². The normalized spacial score (nSPS) is 11.4. The lowest BCUT2D eigenvalue weighted by Gasteiger charge is -2.16. The summed E-state index contributed by atoms with van der Waals surface area (Å²) in [7, 11) is 7.12. The highest BCUT2D eigenvalue weighted by Crippen LogP contribution is 2.46. The maximum absolute atomic E-state index is 5.77. The topological polar surface area (TPSA) is 44.7 Å². The van der Waals surface area contributed by atoms with E-state index in [4.69, 9.17) is 18.6 Å². The molecule has 2 aromatic heterocycles.